The molecule has 30 heavy (non-hydrogen) atoms. The Labute approximate surface area is 177 Å². The van der Waals surface area contributed by atoms with Crippen LogP contribution in [0.1, 0.15) is 36.5 Å². The summed E-state index contributed by atoms with van der Waals surface area (Å²) >= 11 is 0. The Bertz CT molecular complexity index is 940. The SMILES string of the molecule is O=C(CCOc1ccccc1)NC1CCc2nnc(CCc3ccccc3)n2CC1. The molecule has 156 valence electrons. The van der Waals surface area contributed by atoms with Gasteiger partial charge < -0.3 is 14.6 Å². The number of nitrogens with zero attached hydrogens (tertiary/aromatic N) is 3. The molecule has 6 nitrogen and oxygen atoms in total. The van der Waals surface area contributed by atoms with E-state index in [2.05, 4.69) is 44.3 Å². The lowest BCUT2D eigenvalue weighted by Crippen LogP contribution is -2.35. The third-order valence-corrected chi connectivity index (χ3v) is 5.51. The highest BCUT2D eigenvalue weighted by molar-refractivity contribution is 5.76. The Kier molecular flexibility index (Phi) is 6.75. The van der Waals surface area contributed by atoms with Gasteiger partial charge in [0.25, 0.3) is 0 Å². The normalized spacial score (nSPS) is 15.8. The van der Waals surface area contributed by atoms with Gasteiger partial charge in [0.05, 0.1) is 13.0 Å². The molecule has 4 rings (SSSR count). The van der Waals surface area contributed by atoms with Gasteiger partial charge in [-0.2, -0.15) is 0 Å². The van der Waals surface area contributed by atoms with E-state index in [1.165, 1.54) is 5.56 Å². The average Bonchev–Trinajstić information content (AvgIpc) is 3.06. The van der Waals surface area contributed by atoms with Crippen LogP contribution < -0.4 is 10.1 Å². The van der Waals surface area contributed by atoms with Crippen molar-refractivity contribution in [2.24, 2.45) is 0 Å². The first-order valence-electron chi connectivity index (χ1n) is 10.7. The molecule has 1 N–H and O–H groups in total. The van der Waals surface area contributed by atoms with Crippen LogP contribution in [0.4, 0.5) is 0 Å². The number of rotatable bonds is 8. The van der Waals surface area contributed by atoms with Crippen molar-refractivity contribution in [1.29, 1.82) is 0 Å². The minimum Gasteiger partial charge on any atom is -0.493 e. The van der Waals surface area contributed by atoms with Crippen LogP contribution in [-0.4, -0.2) is 33.3 Å². The predicted octanol–water partition coefficient (Wildman–Crippen LogP) is 3.35. The fourth-order valence-electron chi connectivity index (χ4n) is 3.86. The highest BCUT2D eigenvalue weighted by atomic mass is 16.5. The molecule has 2 heterocycles. The molecule has 0 saturated heterocycles. The first kappa shape index (κ1) is 20.1. The number of benzene rings is 2. The van der Waals surface area contributed by atoms with E-state index < -0.39 is 0 Å². The van der Waals surface area contributed by atoms with E-state index in [1.54, 1.807) is 0 Å². The fraction of sp³-hybridized carbons (Fsp3) is 0.375. The molecular weight excluding hydrogens is 376 g/mol. The molecule has 1 atom stereocenters. The van der Waals surface area contributed by atoms with Gasteiger partial charge in [-0.15, -0.1) is 10.2 Å². The Morgan fingerprint density at radius 3 is 2.57 bits per heavy atom. The standard InChI is InChI=1S/C24H28N4O2/c29-24(16-18-30-21-9-5-2-6-10-21)25-20-12-14-23-27-26-22(28(23)17-15-20)13-11-19-7-3-1-4-8-19/h1-10,20H,11-18H2,(H,25,29). The number of ether oxygens (including phenoxy) is 1. The van der Waals surface area contributed by atoms with E-state index in [-0.39, 0.29) is 11.9 Å². The third kappa shape index (κ3) is 5.47. The van der Waals surface area contributed by atoms with Gasteiger partial charge in [0.15, 0.2) is 0 Å². The van der Waals surface area contributed by atoms with Gasteiger partial charge in [0.1, 0.15) is 17.4 Å². The summed E-state index contributed by atoms with van der Waals surface area (Å²) in [4.78, 5) is 12.3. The lowest BCUT2D eigenvalue weighted by molar-refractivity contribution is -0.122. The molecule has 1 amide bonds. The Morgan fingerprint density at radius 1 is 1.00 bits per heavy atom. The smallest absolute Gasteiger partial charge is 0.223 e. The first-order chi connectivity index (χ1) is 14.8. The van der Waals surface area contributed by atoms with Crippen LogP contribution >= 0.6 is 0 Å². The average molecular weight is 405 g/mol. The van der Waals surface area contributed by atoms with Crippen LogP contribution in [-0.2, 0) is 30.6 Å². The predicted molar refractivity (Wildman–Crippen MR) is 115 cm³/mol. The van der Waals surface area contributed by atoms with Crippen molar-refractivity contribution in [3.63, 3.8) is 0 Å². The van der Waals surface area contributed by atoms with Crippen LogP contribution in [0.3, 0.4) is 0 Å². The summed E-state index contributed by atoms with van der Waals surface area (Å²) in [5.41, 5.74) is 1.31. The molecule has 0 spiro atoms. The van der Waals surface area contributed by atoms with E-state index in [0.29, 0.717) is 13.0 Å². The number of hydrogen-bond acceptors (Lipinski definition) is 4. The molecule has 6 heteroatoms. The van der Waals surface area contributed by atoms with Gasteiger partial charge in [-0.25, -0.2) is 0 Å². The maximum Gasteiger partial charge on any atom is 0.223 e. The summed E-state index contributed by atoms with van der Waals surface area (Å²) in [5, 5.41) is 12.0. The van der Waals surface area contributed by atoms with Crippen molar-refractivity contribution in [3.05, 3.63) is 77.9 Å². The van der Waals surface area contributed by atoms with Gasteiger partial charge in [-0.3, -0.25) is 4.79 Å². The number of carbonyl (C=O) groups excluding carboxylic acids is 1. The zero-order chi connectivity index (χ0) is 20.6. The zero-order valence-electron chi connectivity index (χ0n) is 17.2. The second kappa shape index (κ2) is 10.1. The highest BCUT2D eigenvalue weighted by Gasteiger charge is 2.21. The van der Waals surface area contributed by atoms with Crippen molar-refractivity contribution in [2.45, 2.75) is 51.1 Å². The van der Waals surface area contributed by atoms with Crippen LogP contribution in [0.15, 0.2) is 60.7 Å². The summed E-state index contributed by atoms with van der Waals surface area (Å²) in [6, 6.07) is 20.2. The van der Waals surface area contributed by atoms with Crippen molar-refractivity contribution in [3.8, 4) is 5.75 Å². The molecule has 0 bridgehead atoms. The quantitative estimate of drug-likeness (QED) is 0.625. The van der Waals surface area contributed by atoms with E-state index >= 15 is 0 Å². The Hall–Kier alpha value is -3.15. The number of aromatic nitrogens is 3. The molecular formula is C24H28N4O2. The van der Waals surface area contributed by atoms with Crippen LogP contribution in [0.5, 0.6) is 5.75 Å². The molecule has 0 fully saturated rings. The number of hydrogen-bond donors (Lipinski definition) is 1. The fourth-order valence-corrected chi connectivity index (χ4v) is 3.86. The summed E-state index contributed by atoms with van der Waals surface area (Å²) in [6.45, 7) is 1.23. The topological polar surface area (TPSA) is 69.0 Å². The van der Waals surface area contributed by atoms with Crippen molar-refractivity contribution in [1.82, 2.24) is 20.1 Å². The second-order valence-electron chi connectivity index (χ2n) is 7.67. The minimum atomic E-state index is 0.0397. The zero-order valence-corrected chi connectivity index (χ0v) is 17.2. The van der Waals surface area contributed by atoms with Gasteiger partial charge in [-0.05, 0) is 37.0 Å². The Balaban J connectivity index is 1.24. The van der Waals surface area contributed by atoms with Crippen LogP contribution in [0.25, 0.3) is 0 Å². The largest absolute Gasteiger partial charge is 0.493 e. The molecule has 0 aliphatic carbocycles. The number of fused-ring (bicyclic) bond motifs is 1. The minimum absolute atomic E-state index is 0.0397. The van der Waals surface area contributed by atoms with Gasteiger partial charge in [0, 0.05) is 25.4 Å². The number of para-hydroxylation sites is 1. The maximum absolute atomic E-state index is 12.3. The molecule has 1 aliphatic rings. The van der Waals surface area contributed by atoms with E-state index in [4.69, 9.17) is 4.74 Å². The molecule has 1 unspecified atom stereocenters. The van der Waals surface area contributed by atoms with E-state index in [1.807, 2.05) is 36.4 Å². The van der Waals surface area contributed by atoms with E-state index in [0.717, 1.165) is 56.0 Å². The first-order valence-corrected chi connectivity index (χ1v) is 10.7. The molecule has 0 radical (unpaired) electrons. The molecule has 2 aromatic carbocycles. The van der Waals surface area contributed by atoms with Crippen molar-refractivity contribution in [2.75, 3.05) is 6.61 Å². The summed E-state index contributed by atoms with van der Waals surface area (Å²) in [6.07, 6.45) is 4.83. The lowest BCUT2D eigenvalue weighted by atomic mass is 10.1. The maximum atomic E-state index is 12.3. The summed E-state index contributed by atoms with van der Waals surface area (Å²) in [5.74, 6) is 2.90. The number of aryl methyl sites for hydroxylation is 3. The highest BCUT2D eigenvalue weighted by Crippen LogP contribution is 2.17. The van der Waals surface area contributed by atoms with Crippen LogP contribution in [0.2, 0.25) is 0 Å². The van der Waals surface area contributed by atoms with Gasteiger partial charge >= 0.3 is 0 Å². The summed E-state index contributed by atoms with van der Waals surface area (Å²) < 4.78 is 7.87. The Morgan fingerprint density at radius 2 is 1.77 bits per heavy atom. The van der Waals surface area contributed by atoms with Crippen molar-refractivity contribution < 1.29 is 9.53 Å². The third-order valence-electron chi connectivity index (χ3n) is 5.51. The van der Waals surface area contributed by atoms with Crippen LogP contribution in [0, 0.1) is 0 Å². The number of nitrogens with one attached hydrogen (secondary N) is 1. The molecule has 1 aromatic heterocycles. The second-order valence-corrected chi connectivity index (χ2v) is 7.67. The van der Waals surface area contributed by atoms with Gasteiger partial charge in [0.2, 0.25) is 5.91 Å². The van der Waals surface area contributed by atoms with E-state index in [9.17, 15) is 4.79 Å². The van der Waals surface area contributed by atoms with Gasteiger partial charge in [-0.1, -0.05) is 48.5 Å². The molecule has 0 saturated carbocycles. The molecule has 1 aliphatic heterocycles. The van der Waals surface area contributed by atoms with Crippen molar-refractivity contribution >= 4 is 5.91 Å². The monoisotopic (exact) mass is 404 g/mol. The number of amides is 1. The summed E-state index contributed by atoms with van der Waals surface area (Å²) in [7, 11) is 0. The lowest BCUT2D eigenvalue weighted by Gasteiger charge is -2.16. The molecule has 3 aromatic rings. The number of carbonyl (C=O) groups is 1.